The lowest BCUT2D eigenvalue weighted by Gasteiger charge is -2.37. The summed E-state index contributed by atoms with van der Waals surface area (Å²) in [5, 5.41) is 60.1. The number of aromatic nitrogens is 4. The van der Waals surface area contributed by atoms with Gasteiger partial charge in [-0.25, -0.2) is 9.97 Å². The molecule has 4 atom stereocenters. The van der Waals surface area contributed by atoms with E-state index in [1.165, 1.54) is 6.20 Å². The topological polar surface area (TPSA) is 295 Å². The van der Waals surface area contributed by atoms with Crippen molar-refractivity contribution in [2.45, 2.75) is 96.1 Å². The Morgan fingerprint density at radius 3 is 2.63 bits per heavy atom. The number of hydrogen-bond donors (Lipinski definition) is 12. The standard InChI is InChI=1S/C50H67N11O9S/c1-30(2)36(43-37-15-13-34(62)25-39(37)70-40-26-35(63)14-16-38(40)43)7-5-19-54-49(71)55-21-20-52-42(65)17-22-68-23-24-69-50(3,4)29-58-41(64)8-6-18-53-46(66)31-9-11-32(12-10-31)56-27-33-28-57-45-44(59-33)47(67)61-48(51)60-45/h5,7,9-13,15,19,25,28,35,40-42,52,56,58,62-65H,1,6,8,14,16-18,20-24,26-27,29H2,2-4H3,(H,53,66)(H2,54,55,71)(H3,51,57,60,61,67)/b19-5+,36-7+. The fourth-order valence-corrected chi connectivity index (χ4v) is 8.08. The highest BCUT2D eigenvalue weighted by atomic mass is 32.1. The van der Waals surface area contributed by atoms with Crippen LogP contribution in [0.2, 0.25) is 0 Å². The highest BCUT2D eigenvalue weighted by molar-refractivity contribution is 7.80. The number of aliphatic hydroxyl groups is 3. The van der Waals surface area contributed by atoms with Gasteiger partial charge in [-0.3, -0.25) is 25.2 Å². The number of hydrogen-bond acceptors (Lipinski definition) is 17. The van der Waals surface area contributed by atoms with Crippen molar-refractivity contribution in [2.75, 3.05) is 57.1 Å². The maximum absolute atomic E-state index is 12.7. The van der Waals surface area contributed by atoms with Crippen LogP contribution in [0, 0.1) is 0 Å². The van der Waals surface area contributed by atoms with Gasteiger partial charge in [-0.2, -0.15) is 4.98 Å². The van der Waals surface area contributed by atoms with Crippen molar-refractivity contribution in [1.82, 2.24) is 46.5 Å². The number of nitrogens with two attached hydrogens (primary N) is 1. The van der Waals surface area contributed by atoms with Crippen molar-refractivity contribution in [1.29, 1.82) is 0 Å². The number of H-pyrrole nitrogens is 1. The van der Waals surface area contributed by atoms with Crippen LogP contribution in [-0.2, 0) is 16.0 Å². The molecule has 3 heterocycles. The largest absolute Gasteiger partial charge is 0.508 e. The number of fused-ring (bicyclic) bond motifs is 3. The van der Waals surface area contributed by atoms with Gasteiger partial charge in [-0.1, -0.05) is 18.2 Å². The van der Waals surface area contributed by atoms with Gasteiger partial charge >= 0.3 is 0 Å². The summed E-state index contributed by atoms with van der Waals surface area (Å²) in [7, 11) is 0. The molecule has 1 aliphatic heterocycles. The van der Waals surface area contributed by atoms with E-state index in [1.54, 1.807) is 42.6 Å². The molecule has 21 heteroatoms. The third-order valence-electron chi connectivity index (χ3n) is 11.6. The number of phenols is 1. The molecule has 0 spiro atoms. The maximum Gasteiger partial charge on any atom is 0.280 e. The highest BCUT2D eigenvalue weighted by Gasteiger charge is 2.35. The molecule has 1 fully saturated rings. The van der Waals surface area contributed by atoms with Crippen molar-refractivity contribution in [3.8, 4) is 11.5 Å². The number of nitrogens with one attached hydrogen (secondary N) is 7. The molecule has 0 radical (unpaired) electrons. The molecule has 2 aromatic heterocycles. The second-order valence-corrected chi connectivity index (χ2v) is 18.3. The maximum atomic E-state index is 12.7. The number of ether oxygens (including phenoxy) is 3. The molecule has 1 saturated carbocycles. The summed E-state index contributed by atoms with van der Waals surface area (Å²) in [6.07, 6.45) is 8.01. The first-order chi connectivity index (χ1) is 34.0. The van der Waals surface area contributed by atoms with Gasteiger partial charge < -0.3 is 61.6 Å². The number of carbonyl (C=O) groups excluding carboxylic acids is 1. The molecule has 20 nitrogen and oxygen atoms in total. The fourth-order valence-electron chi connectivity index (χ4n) is 7.91. The van der Waals surface area contributed by atoms with Crippen molar-refractivity contribution >= 4 is 51.6 Å². The zero-order chi connectivity index (χ0) is 50.9. The van der Waals surface area contributed by atoms with Crippen molar-refractivity contribution in [2.24, 2.45) is 0 Å². The number of anilines is 2. The van der Waals surface area contributed by atoms with Crippen molar-refractivity contribution in [3.63, 3.8) is 0 Å². The van der Waals surface area contributed by atoms with Crippen molar-refractivity contribution < 1.29 is 39.4 Å². The van der Waals surface area contributed by atoms with E-state index in [2.05, 4.69) is 58.4 Å². The number of nitrogen functional groups attached to an aromatic ring is 1. The van der Waals surface area contributed by atoms with E-state index >= 15 is 0 Å². The molecule has 1 aliphatic carbocycles. The number of allylic oxidation sites excluding steroid dienone is 5. The lowest BCUT2D eigenvalue weighted by Crippen LogP contribution is -2.43. The van der Waals surface area contributed by atoms with Crippen LogP contribution in [0.3, 0.4) is 0 Å². The monoisotopic (exact) mass is 997 g/mol. The van der Waals surface area contributed by atoms with Crippen molar-refractivity contribution in [3.05, 3.63) is 117 Å². The molecule has 1 amide bonds. The summed E-state index contributed by atoms with van der Waals surface area (Å²) >= 11 is 5.43. The minimum absolute atomic E-state index is 0.0278. The number of aromatic amines is 1. The van der Waals surface area contributed by atoms with E-state index in [4.69, 9.17) is 32.2 Å². The normalized spacial score (nSPS) is 16.7. The van der Waals surface area contributed by atoms with Crippen LogP contribution in [0.5, 0.6) is 11.5 Å². The zero-order valence-electron chi connectivity index (χ0n) is 40.4. The molecule has 0 bridgehead atoms. The van der Waals surface area contributed by atoms with Gasteiger partial charge in [0.05, 0.1) is 50.0 Å². The minimum Gasteiger partial charge on any atom is -0.508 e. The molecule has 2 aliphatic rings. The van der Waals surface area contributed by atoms with E-state index in [0.717, 1.165) is 33.5 Å². The first-order valence-corrected chi connectivity index (χ1v) is 24.1. The molecule has 4 aromatic rings. The van der Waals surface area contributed by atoms with Gasteiger partial charge in [-0.05, 0) is 118 Å². The van der Waals surface area contributed by atoms with E-state index in [1.807, 2.05) is 39.0 Å². The number of carbonyl (C=O) groups is 1. The van der Waals surface area contributed by atoms with Gasteiger partial charge in [0.15, 0.2) is 16.3 Å². The average molecular weight is 998 g/mol. The van der Waals surface area contributed by atoms with E-state index in [-0.39, 0.29) is 34.9 Å². The number of thiocarbonyl (C=S) groups is 1. The fraction of sp³-hybridized carbons (Fsp3) is 0.440. The zero-order valence-corrected chi connectivity index (χ0v) is 41.2. The molecule has 382 valence electrons. The summed E-state index contributed by atoms with van der Waals surface area (Å²) in [5.41, 5.74) is 11.4. The quantitative estimate of drug-likeness (QED) is 0.0186. The number of aromatic hydroxyl groups is 1. The summed E-state index contributed by atoms with van der Waals surface area (Å²) in [5.74, 6) is 0.434. The Morgan fingerprint density at radius 2 is 1.85 bits per heavy atom. The predicted octanol–water partition coefficient (Wildman–Crippen LogP) is 3.38. The first kappa shape index (κ1) is 54.0. The smallest absolute Gasteiger partial charge is 0.280 e. The highest BCUT2D eigenvalue weighted by Crippen LogP contribution is 2.47. The summed E-state index contributed by atoms with van der Waals surface area (Å²) in [6.45, 7) is 13.0. The number of rotatable bonds is 26. The van der Waals surface area contributed by atoms with Crippen LogP contribution in [-0.4, -0.2) is 128 Å². The lowest BCUT2D eigenvalue weighted by atomic mass is 9.78. The molecule has 71 heavy (non-hydrogen) atoms. The molecule has 4 unspecified atom stereocenters. The first-order valence-electron chi connectivity index (χ1n) is 23.7. The molecule has 2 aromatic carbocycles. The number of amides is 1. The Kier molecular flexibility index (Phi) is 20.0. The van der Waals surface area contributed by atoms with Crippen LogP contribution < -0.4 is 47.9 Å². The van der Waals surface area contributed by atoms with Gasteiger partial charge in [0.2, 0.25) is 5.95 Å². The minimum atomic E-state index is -0.783. The molecule has 0 saturated heterocycles. The van der Waals surface area contributed by atoms with E-state index in [0.29, 0.717) is 113 Å². The van der Waals surface area contributed by atoms with E-state index < -0.39 is 29.7 Å². The van der Waals surface area contributed by atoms with Gasteiger partial charge in [0, 0.05) is 68.1 Å². The Labute approximate surface area is 418 Å². The molecular weight excluding hydrogens is 931 g/mol. The number of benzene rings is 2. The van der Waals surface area contributed by atoms with Gasteiger partial charge in [0.1, 0.15) is 30.1 Å². The van der Waals surface area contributed by atoms with Crippen LogP contribution in [0.4, 0.5) is 11.6 Å². The van der Waals surface area contributed by atoms with Gasteiger partial charge in [0.25, 0.3) is 11.5 Å². The Bertz CT molecular complexity index is 2620. The second kappa shape index (κ2) is 26.2. The molecular formula is C50H67N11O9S. The predicted molar refractivity (Wildman–Crippen MR) is 276 cm³/mol. The van der Waals surface area contributed by atoms with Crippen LogP contribution in [0.15, 0.2) is 95.1 Å². The Balaban J connectivity index is 0.773. The average Bonchev–Trinajstić information content (AvgIpc) is 3.33. The van der Waals surface area contributed by atoms with Gasteiger partial charge in [-0.15, -0.1) is 0 Å². The van der Waals surface area contributed by atoms with Crippen LogP contribution in [0.1, 0.15) is 80.9 Å². The number of nitrogens with zero attached hydrogens (tertiary/aromatic N) is 3. The van der Waals surface area contributed by atoms with Crippen LogP contribution >= 0.6 is 12.2 Å². The Morgan fingerprint density at radius 1 is 1.06 bits per heavy atom. The summed E-state index contributed by atoms with van der Waals surface area (Å²) < 4.78 is 17.9. The third kappa shape index (κ3) is 16.6. The SMILES string of the molecule is C=C(C)/C(=C\C=C\NC(=S)NCCNC(O)CCOCCOC(C)(C)CNC(O)CCCNC(=O)c1ccc(NCc2cnc3nc(N)[nH]c(=O)c3n2)cc1)C1=C2CCC(O)CC2Oc2cc(O)ccc21. The molecule has 13 N–H and O–H groups in total. The summed E-state index contributed by atoms with van der Waals surface area (Å²) in [6, 6.07) is 12.0. The third-order valence-corrected chi connectivity index (χ3v) is 11.9. The van der Waals surface area contributed by atoms with E-state index in [9.17, 15) is 30.0 Å². The number of phenolic OH excluding ortho intramolecular Hbond substituents is 1. The number of aliphatic hydroxyl groups excluding tert-OH is 3. The Hall–Kier alpha value is -6.30. The lowest BCUT2D eigenvalue weighted by molar-refractivity contribution is -0.0542. The second-order valence-electron chi connectivity index (χ2n) is 17.9. The van der Waals surface area contributed by atoms with Crippen LogP contribution in [0.25, 0.3) is 16.7 Å². The molecule has 6 rings (SSSR count). The summed E-state index contributed by atoms with van der Waals surface area (Å²) in [4.78, 5) is 39.7.